The summed E-state index contributed by atoms with van der Waals surface area (Å²) in [6.07, 6.45) is -1.93. The van der Waals surface area contributed by atoms with Gasteiger partial charge in [0.2, 0.25) is 5.88 Å². The van der Waals surface area contributed by atoms with Crippen LogP contribution in [0.3, 0.4) is 0 Å². The topological polar surface area (TPSA) is 89.3 Å². The zero-order valence-electron chi connectivity index (χ0n) is 17.0. The predicted molar refractivity (Wildman–Crippen MR) is 121 cm³/mol. The first-order valence-corrected chi connectivity index (χ1v) is 9.97. The molecule has 3 rings (SSSR count). The van der Waals surface area contributed by atoms with Crippen molar-refractivity contribution in [2.75, 3.05) is 19.7 Å². The molecule has 0 aromatic carbocycles. The van der Waals surface area contributed by atoms with Crippen LogP contribution in [0, 0.1) is 6.92 Å². The fourth-order valence-corrected chi connectivity index (χ4v) is 3.30. The summed E-state index contributed by atoms with van der Waals surface area (Å²) in [6, 6.07) is 0.782. The maximum Gasteiger partial charge on any atom is 0.417 e. The third-order valence-corrected chi connectivity index (χ3v) is 4.64. The molecule has 0 saturated carbocycles. The molecule has 0 saturated heterocycles. The first kappa shape index (κ1) is 25.4. The van der Waals surface area contributed by atoms with Gasteiger partial charge in [0.1, 0.15) is 23.3 Å². The highest BCUT2D eigenvalue weighted by atomic mass is 127. The Morgan fingerprint density at radius 3 is 2.87 bits per heavy atom. The number of hydrogen-bond acceptors (Lipinski definition) is 5. The molecule has 0 aliphatic carbocycles. The van der Waals surface area contributed by atoms with Crippen molar-refractivity contribution in [3.63, 3.8) is 0 Å². The molecule has 0 radical (unpaired) electrons. The van der Waals surface area contributed by atoms with Gasteiger partial charge in [0.15, 0.2) is 5.96 Å². The Hall–Kier alpha value is -1.83. The van der Waals surface area contributed by atoms with E-state index in [1.165, 1.54) is 0 Å². The minimum Gasteiger partial charge on any atom is -0.475 e. The van der Waals surface area contributed by atoms with Gasteiger partial charge >= 0.3 is 6.18 Å². The smallest absolute Gasteiger partial charge is 0.417 e. The largest absolute Gasteiger partial charge is 0.475 e. The minimum atomic E-state index is -4.51. The van der Waals surface area contributed by atoms with Crippen molar-refractivity contribution in [2.45, 2.75) is 45.5 Å². The fourth-order valence-electron chi connectivity index (χ4n) is 3.08. The molecular weight excluding hydrogens is 550 g/mol. The lowest BCUT2D eigenvalue weighted by molar-refractivity contribution is -0.137. The molecule has 1 atom stereocenters. The number of nitrogens with one attached hydrogen (secondary N) is 2. The Balaban J connectivity index is 0.00000341. The summed E-state index contributed by atoms with van der Waals surface area (Å²) >= 11 is 5.84. The number of nitrogens with zero attached hydrogens (tertiary/aromatic N) is 5. The van der Waals surface area contributed by atoms with Crippen molar-refractivity contribution in [3.8, 4) is 5.88 Å². The Bertz CT molecular complexity index is 907. The van der Waals surface area contributed by atoms with Crippen LogP contribution in [0.2, 0.25) is 5.02 Å². The monoisotopic (exact) mass is 573 g/mol. The summed E-state index contributed by atoms with van der Waals surface area (Å²) in [7, 11) is 0. The average molecular weight is 574 g/mol. The number of alkyl halides is 3. The summed E-state index contributed by atoms with van der Waals surface area (Å²) in [5, 5.41) is 10.7. The van der Waals surface area contributed by atoms with E-state index in [2.05, 4.69) is 30.7 Å². The summed E-state index contributed by atoms with van der Waals surface area (Å²) in [4.78, 5) is 12.6. The number of aromatic nitrogens is 4. The van der Waals surface area contributed by atoms with Gasteiger partial charge in [-0.2, -0.15) is 18.3 Å². The Morgan fingerprint density at radius 1 is 1.42 bits per heavy atom. The molecule has 1 aliphatic rings. The third-order valence-electron chi connectivity index (χ3n) is 4.37. The second kappa shape index (κ2) is 11.2. The normalized spacial score (nSPS) is 16.3. The van der Waals surface area contributed by atoms with Crippen molar-refractivity contribution >= 4 is 41.5 Å². The number of halogens is 5. The quantitative estimate of drug-likeness (QED) is 0.237. The molecule has 172 valence electrons. The first-order valence-electron chi connectivity index (χ1n) is 9.59. The summed E-state index contributed by atoms with van der Waals surface area (Å²) in [6.45, 7) is 5.68. The van der Waals surface area contributed by atoms with Crippen molar-refractivity contribution in [2.24, 2.45) is 4.99 Å². The van der Waals surface area contributed by atoms with E-state index < -0.39 is 11.7 Å². The van der Waals surface area contributed by atoms with Gasteiger partial charge in [0.05, 0.1) is 18.2 Å². The molecule has 2 aromatic heterocycles. The lowest BCUT2D eigenvalue weighted by atomic mass is 10.1. The van der Waals surface area contributed by atoms with Crippen LogP contribution in [0.15, 0.2) is 17.3 Å². The van der Waals surface area contributed by atoms with Crippen LogP contribution in [-0.4, -0.2) is 45.4 Å². The Labute approximate surface area is 200 Å². The molecule has 2 aromatic rings. The zero-order chi connectivity index (χ0) is 21.7. The number of aliphatic imine (C=N–C) groups is 1. The number of fused-ring (bicyclic) bond motifs is 1. The molecule has 2 N–H and O–H groups in total. The maximum atomic E-state index is 12.7. The van der Waals surface area contributed by atoms with E-state index in [0.29, 0.717) is 18.7 Å². The number of rotatable bonds is 6. The molecule has 1 unspecified atom stereocenters. The van der Waals surface area contributed by atoms with Gasteiger partial charge in [-0.3, -0.25) is 0 Å². The summed E-state index contributed by atoms with van der Waals surface area (Å²) in [5.74, 6) is 2.14. The third kappa shape index (κ3) is 6.82. The number of aryl methyl sites for hydroxylation is 2. The van der Waals surface area contributed by atoms with E-state index in [4.69, 9.17) is 16.3 Å². The highest BCUT2D eigenvalue weighted by molar-refractivity contribution is 14.0. The molecule has 31 heavy (non-hydrogen) atoms. The minimum absolute atomic E-state index is 0. The van der Waals surface area contributed by atoms with Gasteiger partial charge in [-0.15, -0.1) is 24.0 Å². The van der Waals surface area contributed by atoms with Gasteiger partial charge in [-0.1, -0.05) is 11.6 Å². The van der Waals surface area contributed by atoms with Gasteiger partial charge in [-0.05, 0) is 32.8 Å². The Morgan fingerprint density at radius 2 is 2.19 bits per heavy atom. The van der Waals surface area contributed by atoms with E-state index in [1.54, 1.807) is 0 Å². The van der Waals surface area contributed by atoms with Crippen LogP contribution in [0.25, 0.3) is 0 Å². The molecule has 0 fully saturated rings. The number of guanidine groups is 1. The van der Waals surface area contributed by atoms with Gasteiger partial charge < -0.3 is 15.4 Å². The van der Waals surface area contributed by atoms with E-state index in [9.17, 15) is 13.2 Å². The number of ether oxygens (including phenoxy) is 1. The van der Waals surface area contributed by atoms with Crippen molar-refractivity contribution in [1.82, 2.24) is 30.4 Å². The standard InChI is InChI=1S/C18H23ClF3N7O.HI/c1-3-23-17(27-14-5-4-7-29-15(14)26-11(2)28-29)24-6-8-30-16-13(19)9-12(10-25-16)18(20,21)22;/h9-10,14H,3-8H2,1-2H3,(H2,23,24,27);1H. The lowest BCUT2D eigenvalue weighted by Gasteiger charge is -2.25. The van der Waals surface area contributed by atoms with E-state index in [0.717, 1.165) is 37.1 Å². The van der Waals surface area contributed by atoms with Crippen molar-refractivity contribution < 1.29 is 17.9 Å². The molecule has 13 heteroatoms. The van der Waals surface area contributed by atoms with Crippen LogP contribution < -0.4 is 15.4 Å². The second-order valence-electron chi connectivity index (χ2n) is 6.70. The predicted octanol–water partition coefficient (Wildman–Crippen LogP) is 3.74. The molecular formula is C18H24ClF3IN7O. The van der Waals surface area contributed by atoms with Crippen LogP contribution in [0.4, 0.5) is 13.2 Å². The number of pyridine rings is 1. The van der Waals surface area contributed by atoms with Crippen LogP contribution in [0.5, 0.6) is 5.88 Å². The molecule has 0 spiro atoms. The molecule has 3 heterocycles. The van der Waals surface area contributed by atoms with Gasteiger partial charge in [0.25, 0.3) is 0 Å². The van der Waals surface area contributed by atoms with E-state index in [1.807, 2.05) is 18.5 Å². The van der Waals surface area contributed by atoms with Gasteiger partial charge in [-0.25, -0.2) is 19.6 Å². The molecule has 8 nitrogen and oxygen atoms in total. The highest BCUT2D eigenvalue weighted by Crippen LogP contribution is 2.33. The van der Waals surface area contributed by atoms with Crippen LogP contribution in [0.1, 0.15) is 43.0 Å². The SMILES string of the molecule is CCNC(=NCCOc1ncc(C(F)(F)F)cc1Cl)NC1CCCn2nc(C)nc21.I. The fraction of sp³-hybridized carbons (Fsp3) is 0.556. The van der Waals surface area contributed by atoms with E-state index >= 15 is 0 Å². The lowest BCUT2D eigenvalue weighted by Crippen LogP contribution is -2.41. The van der Waals surface area contributed by atoms with Crippen molar-refractivity contribution in [1.29, 1.82) is 0 Å². The van der Waals surface area contributed by atoms with E-state index in [-0.39, 0.29) is 54.1 Å². The summed E-state index contributed by atoms with van der Waals surface area (Å²) in [5.41, 5.74) is -0.924. The Kier molecular flexibility index (Phi) is 9.15. The summed E-state index contributed by atoms with van der Waals surface area (Å²) < 4.78 is 45.3. The molecule has 0 bridgehead atoms. The second-order valence-corrected chi connectivity index (χ2v) is 7.10. The van der Waals surface area contributed by atoms with Crippen LogP contribution in [-0.2, 0) is 12.7 Å². The first-order chi connectivity index (χ1) is 14.3. The van der Waals surface area contributed by atoms with Crippen molar-refractivity contribution in [3.05, 3.63) is 34.5 Å². The average Bonchev–Trinajstić information content (AvgIpc) is 3.06. The van der Waals surface area contributed by atoms with Crippen LogP contribution >= 0.6 is 35.6 Å². The zero-order valence-corrected chi connectivity index (χ0v) is 20.1. The molecule has 1 aliphatic heterocycles. The number of hydrogen-bond donors (Lipinski definition) is 2. The molecule has 0 amide bonds. The highest BCUT2D eigenvalue weighted by Gasteiger charge is 2.31. The maximum absolute atomic E-state index is 12.7. The van der Waals surface area contributed by atoms with Gasteiger partial charge in [0, 0.05) is 19.3 Å².